The fraction of sp³-hybridized carbons (Fsp3) is 0.462. The molecule has 0 bridgehead atoms. The fourth-order valence-electron chi connectivity index (χ4n) is 4.77. The zero-order chi connectivity index (χ0) is 24.2. The molecule has 2 aromatic carbocycles. The smallest absolute Gasteiger partial charge is 0.260 e. The summed E-state index contributed by atoms with van der Waals surface area (Å²) in [6, 6.07) is 13.1. The summed E-state index contributed by atoms with van der Waals surface area (Å²) >= 11 is 0. The van der Waals surface area contributed by atoms with Crippen LogP contribution < -0.4 is 14.8 Å². The first kappa shape index (κ1) is 23.4. The third kappa shape index (κ3) is 5.06. The van der Waals surface area contributed by atoms with E-state index in [1.807, 2.05) is 41.3 Å². The summed E-state index contributed by atoms with van der Waals surface area (Å²) < 4.78 is 22.6. The summed E-state index contributed by atoms with van der Waals surface area (Å²) in [7, 11) is 1.56. The number of carbonyl (C=O) groups excluding carboxylic acids is 2. The number of nitrogens with zero attached hydrogens (tertiary/aromatic N) is 2. The molecule has 1 N–H and O–H groups in total. The predicted molar refractivity (Wildman–Crippen MR) is 129 cm³/mol. The highest BCUT2D eigenvalue weighted by Gasteiger charge is 2.35. The minimum absolute atomic E-state index is 0.0178. The normalized spacial score (nSPS) is 21.9. The van der Waals surface area contributed by atoms with Crippen LogP contribution >= 0.6 is 0 Å². The average molecular weight is 482 g/mol. The van der Waals surface area contributed by atoms with Crippen molar-refractivity contribution in [1.29, 1.82) is 0 Å². The summed E-state index contributed by atoms with van der Waals surface area (Å²) in [5, 5.41) is 3.51. The lowest BCUT2D eigenvalue weighted by atomic mass is 10.0. The second-order valence-corrected chi connectivity index (χ2v) is 8.88. The maximum absolute atomic E-state index is 13.5. The largest absolute Gasteiger partial charge is 0.493 e. The van der Waals surface area contributed by atoms with Crippen molar-refractivity contribution in [3.8, 4) is 11.5 Å². The first-order chi connectivity index (χ1) is 17.1. The van der Waals surface area contributed by atoms with Crippen LogP contribution in [0.15, 0.2) is 42.5 Å². The topological polar surface area (TPSA) is 89.6 Å². The minimum Gasteiger partial charge on any atom is -0.493 e. The van der Waals surface area contributed by atoms with E-state index in [4.69, 9.17) is 18.9 Å². The Hall–Kier alpha value is -3.30. The van der Waals surface area contributed by atoms with Gasteiger partial charge < -0.3 is 34.1 Å². The summed E-state index contributed by atoms with van der Waals surface area (Å²) in [5.74, 6) is 0.863. The van der Waals surface area contributed by atoms with E-state index in [1.54, 1.807) is 18.1 Å². The Balaban J connectivity index is 1.36. The van der Waals surface area contributed by atoms with Crippen molar-refractivity contribution >= 4 is 17.5 Å². The summed E-state index contributed by atoms with van der Waals surface area (Å²) in [4.78, 5) is 29.5. The first-order valence-electron chi connectivity index (χ1n) is 12.1. The van der Waals surface area contributed by atoms with Crippen LogP contribution in [0.3, 0.4) is 0 Å². The molecule has 2 atom stereocenters. The molecule has 3 heterocycles. The van der Waals surface area contributed by atoms with Crippen molar-refractivity contribution in [1.82, 2.24) is 9.80 Å². The molecule has 186 valence electrons. The average Bonchev–Trinajstić information content (AvgIpc) is 3.42. The molecule has 0 aromatic heterocycles. The lowest BCUT2D eigenvalue weighted by Gasteiger charge is -2.39. The van der Waals surface area contributed by atoms with E-state index >= 15 is 0 Å². The van der Waals surface area contributed by atoms with Gasteiger partial charge in [-0.05, 0) is 42.7 Å². The molecule has 9 heteroatoms. The molecule has 0 saturated carbocycles. The van der Waals surface area contributed by atoms with Gasteiger partial charge >= 0.3 is 0 Å². The first-order valence-corrected chi connectivity index (χ1v) is 12.1. The number of para-hydroxylation sites is 1. The standard InChI is InChI=1S/C26H31N3O6/c1-32-23-15-18(8-9-22(23)35-17-24(30)28-10-13-33-14-11-28)25-27-21-7-3-2-6-20(21)26(31)29(25)16-19-5-4-12-34-19/h2-3,6-9,15,19,25,27H,4-5,10-14,16-17H2,1H3/t19-,25+/m1/s1. The molecule has 3 aliphatic rings. The second kappa shape index (κ2) is 10.5. The molecule has 2 amide bonds. The number of fused-ring (bicyclic) bond motifs is 1. The van der Waals surface area contributed by atoms with E-state index in [0.29, 0.717) is 49.9 Å². The fourth-order valence-corrected chi connectivity index (χ4v) is 4.77. The Morgan fingerprint density at radius 1 is 1.11 bits per heavy atom. The zero-order valence-corrected chi connectivity index (χ0v) is 19.9. The van der Waals surface area contributed by atoms with Crippen LogP contribution in [-0.4, -0.2) is 80.9 Å². The quantitative estimate of drug-likeness (QED) is 0.650. The van der Waals surface area contributed by atoms with Crippen LogP contribution in [0.25, 0.3) is 0 Å². The molecule has 9 nitrogen and oxygen atoms in total. The molecule has 3 aliphatic heterocycles. The number of carbonyl (C=O) groups is 2. The molecule has 0 unspecified atom stereocenters. The number of hydrogen-bond donors (Lipinski definition) is 1. The van der Waals surface area contributed by atoms with Crippen LogP contribution in [0, 0.1) is 0 Å². The highest BCUT2D eigenvalue weighted by Crippen LogP contribution is 2.37. The summed E-state index contributed by atoms with van der Waals surface area (Å²) in [6.45, 7) is 3.38. The van der Waals surface area contributed by atoms with Crippen LogP contribution in [0.4, 0.5) is 5.69 Å². The molecule has 2 aromatic rings. The molecular weight excluding hydrogens is 450 g/mol. The summed E-state index contributed by atoms with van der Waals surface area (Å²) in [6.07, 6.45) is 1.57. The van der Waals surface area contributed by atoms with E-state index in [1.165, 1.54) is 0 Å². The monoisotopic (exact) mass is 481 g/mol. The van der Waals surface area contributed by atoms with Gasteiger partial charge in [-0.25, -0.2) is 0 Å². The van der Waals surface area contributed by atoms with Crippen LogP contribution in [0.1, 0.15) is 34.9 Å². The number of nitrogens with one attached hydrogen (secondary N) is 1. The third-order valence-electron chi connectivity index (χ3n) is 6.66. The van der Waals surface area contributed by atoms with E-state index < -0.39 is 0 Å². The van der Waals surface area contributed by atoms with Crippen molar-refractivity contribution in [2.45, 2.75) is 25.1 Å². The molecule has 0 spiro atoms. The Morgan fingerprint density at radius 3 is 2.71 bits per heavy atom. The van der Waals surface area contributed by atoms with Gasteiger partial charge in [-0.2, -0.15) is 0 Å². The number of ether oxygens (including phenoxy) is 4. The number of methoxy groups -OCH3 is 1. The van der Waals surface area contributed by atoms with Crippen molar-refractivity contribution in [3.63, 3.8) is 0 Å². The number of benzene rings is 2. The lowest BCUT2D eigenvalue weighted by molar-refractivity contribution is -0.137. The molecular formula is C26H31N3O6. The Bertz CT molecular complexity index is 1060. The molecule has 0 radical (unpaired) electrons. The SMILES string of the molecule is COc1cc([C@H]2Nc3ccccc3C(=O)N2C[C@H]2CCCO2)ccc1OCC(=O)N1CCOCC1. The van der Waals surface area contributed by atoms with Gasteiger partial charge in [0.1, 0.15) is 6.17 Å². The van der Waals surface area contributed by atoms with Gasteiger partial charge in [0.05, 0.1) is 32.0 Å². The maximum Gasteiger partial charge on any atom is 0.260 e. The van der Waals surface area contributed by atoms with Gasteiger partial charge in [-0.1, -0.05) is 18.2 Å². The zero-order valence-electron chi connectivity index (χ0n) is 19.9. The van der Waals surface area contributed by atoms with E-state index in [2.05, 4.69) is 5.32 Å². The lowest BCUT2D eigenvalue weighted by Crippen LogP contribution is -2.46. The van der Waals surface area contributed by atoms with Crippen LogP contribution in [-0.2, 0) is 14.3 Å². The predicted octanol–water partition coefficient (Wildman–Crippen LogP) is 2.68. The van der Waals surface area contributed by atoms with Gasteiger partial charge in [-0.15, -0.1) is 0 Å². The van der Waals surface area contributed by atoms with E-state index in [-0.39, 0.29) is 30.7 Å². The highest BCUT2D eigenvalue weighted by atomic mass is 16.5. The van der Waals surface area contributed by atoms with Gasteiger partial charge in [0.15, 0.2) is 18.1 Å². The molecule has 5 rings (SSSR count). The number of morpholine rings is 1. The summed E-state index contributed by atoms with van der Waals surface area (Å²) in [5.41, 5.74) is 2.30. The third-order valence-corrected chi connectivity index (χ3v) is 6.66. The Kier molecular flexibility index (Phi) is 7.06. The van der Waals surface area contributed by atoms with E-state index in [0.717, 1.165) is 30.7 Å². The Labute approximate surface area is 204 Å². The van der Waals surface area contributed by atoms with Crippen molar-refractivity contribution < 1.29 is 28.5 Å². The number of hydrogen-bond acceptors (Lipinski definition) is 7. The van der Waals surface area contributed by atoms with Crippen molar-refractivity contribution in [3.05, 3.63) is 53.6 Å². The molecule has 0 aliphatic carbocycles. The van der Waals surface area contributed by atoms with Crippen LogP contribution in [0.2, 0.25) is 0 Å². The molecule has 2 saturated heterocycles. The van der Waals surface area contributed by atoms with Gasteiger partial charge in [0.2, 0.25) is 0 Å². The number of anilines is 1. The molecule has 2 fully saturated rings. The number of amides is 2. The highest BCUT2D eigenvalue weighted by molar-refractivity contribution is 6.01. The maximum atomic E-state index is 13.5. The van der Waals surface area contributed by atoms with Gasteiger partial charge in [0, 0.05) is 31.9 Å². The minimum atomic E-state index is -0.389. The van der Waals surface area contributed by atoms with Gasteiger partial charge in [-0.3, -0.25) is 9.59 Å². The van der Waals surface area contributed by atoms with Crippen molar-refractivity contribution in [2.24, 2.45) is 0 Å². The van der Waals surface area contributed by atoms with Crippen LogP contribution in [0.5, 0.6) is 11.5 Å². The van der Waals surface area contributed by atoms with Crippen molar-refractivity contribution in [2.75, 3.05) is 58.5 Å². The number of rotatable bonds is 7. The second-order valence-electron chi connectivity index (χ2n) is 8.88. The Morgan fingerprint density at radius 2 is 1.94 bits per heavy atom. The van der Waals surface area contributed by atoms with E-state index in [9.17, 15) is 9.59 Å². The van der Waals surface area contributed by atoms with Gasteiger partial charge in [0.25, 0.3) is 11.8 Å². The molecule has 35 heavy (non-hydrogen) atoms.